The second-order valence-corrected chi connectivity index (χ2v) is 3.02. The van der Waals surface area contributed by atoms with Gasteiger partial charge < -0.3 is 0 Å². The van der Waals surface area contributed by atoms with E-state index in [0.717, 1.165) is 0 Å². The van der Waals surface area contributed by atoms with Crippen LogP contribution in [0.4, 0.5) is 0 Å². The molecule has 3 nitrogen and oxygen atoms in total. The molecule has 0 aromatic heterocycles. The normalized spacial score (nSPS) is 8.31. The average Bonchev–Trinajstić information content (AvgIpc) is 2.41. The lowest BCUT2D eigenvalue weighted by Gasteiger charge is -1.98. The van der Waals surface area contributed by atoms with Crippen molar-refractivity contribution >= 4 is 0 Å². The zero-order chi connectivity index (χ0) is 11.6. The van der Waals surface area contributed by atoms with Crippen molar-refractivity contribution in [3.05, 3.63) is 71.1 Å². The fourth-order valence-electron chi connectivity index (χ4n) is 1.26. The van der Waals surface area contributed by atoms with Crippen LogP contribution in [-0.4, -0.2) is 7.05 Å². The van der Waals surface area contributed by atoms with Crippen molar-refractivity contribution in [3.8, 4) is 11.1 Å². The van der Waals surface area contributed by atoms with Gasteiger partial charge in [-0.3, -0.25) is 0 Å². The predicted molar refractivity (Wildman–Crippen MR) is 66.9 cm³/mol. The summed E-state index contributed by atoms with van der Waals surface area (Å²) in [6.07, 6.45) is 0. The molecule has 0 saturated carbocycles. The molecule has 0 heterocycles. The molecule has 2 rings (SSSR count). The van der Waals surface area contributed by atoms with Crippen LogP contribution in [0.1, 0.15) is 0 Å². The summed E-state index contributed by atoms with van der Waals surface area (Å²) in [6, 6.07) is 20.8. The number of rotatable bonds is 1. The van der Waals surface area contributed by atoms with Crippen LogP contribution >= 0.6 is 0 Å². The van der Waals surface area contributed by atoms with E-state index >= 15 is 0 Å². The lowest BCUT2D eigenvalue weighted by atomic mass is 10.1. The number of azide groups is 1. The first-order valence-electron chi connectivity index (χ1n) is 4.92. The second kappa shape index (κ2) is 7.10. The Bertz CT molecular complexity index is 408. The van der Waals surface area contributed by atoms with Crippen LogP contribution in [-0.2, 0) is 0 Å². The fraction of sp³-hybridized carbons (Fsp3) is 0.0769. The Morgan fingerprint density at radius 2 is 1.12 bits per heavy atom. The van der Waals surface area contributed by atoms with Gasteiger partial charge in [-0.25, -0.2) is 0 Å². The lowest BCUT2D eigenvalue weighted by molar-refractivity contribution is 1.40. The summed E-state index contributed by atoms with van der Waals surface area (Å²) in [5.41, 5.74) is 9.89. The summed E-state index contributed by atoms with van der Waals surface area (Å²) >= 11 is 0. The topological polar surface area (TPSA) is 48.8 Å². The van der Waals surface area contributed by atoms with E-state index in [0.29, 0.717) is 0 Å². The van der Waals surface area contributed by atoms with Gasteiger partial charge in [-0.1, -0.05) is 65.8 Å². The van der Waals surface area contributed by atoms with Crippen molar-refractivity contribution in [3.63, 3.8) is 0 Å². The van der Waals surface area contributed by atoms with Gasteiger partial charge in [0, 0.05) is 12.0 Å². The average molecular weight is 211 g/mol. The molecule has 3 heteroatoms. The first-order valence-corrected chi connectivity index (χ1v) is 4.92. The Labute approximate surface area is 95.0 Å². The summed E-state index contributed by atoms with van der Waals surface area (Å²) in [4.78, 5) is 2.36. The maximum absolute atomic E-state index is 7.33. The van der Waals surface area contributed by atoms with Crippen molar-refractivity contribution in [1.29, 1.82) is 0 Å². The Hall–Kier alpha value is -2.25. The summed E-state index contributed by atoms with van der Waals surface area (Å²) < 4.78 is 0. The number of benzene rings is 2. The van der Waals surface area contributed by atoms with E-state index in [4.69, 9.17) is 5.53 Å². The van der Waals surface area contributed by atoms with Gasteiger partial charge in [0.05, 0.1) is 0 Å². The standard InChI is InChI=1S/C12H10.CH3N3/c1-3-7-11(8-4-1)12-9-5-2-6-10-12;1-3-4-2/h1-10H;1H3. The summed E-state index contributed by atoms with van der Waals surface area (Å²) in [7, 11) is 1.39. The Balaban J connectivity index is 0.000000280. The molecule has 0 N–H and O–H groups in total. The minimum atomic E-state index is 1.28. The van der Waals surface area contributed by atoms with Crippen molar-refractivity contribution in [2.75, 3.05) is 7.05 Å². The lowest BCUT2D eigenvalue weighted by Crippen LogP contribution is -1.73. The second-order valence-electron chi connectivity index (χ2n) is 3.02. The molecule has 0 aliphatic heterocycles. The van der Waals surface area contributed by atoms with Crippen LogP contribution in [0.25, 0.3) is 21.6 Å². The van der Waals surface area contributed by atoms with Gasteiger partial charge in [-0.15, -0.1) is 0 Å². The van der Waals surface area contributed by atoms with E-state index in [1.165, 1.54) is 18.2 Å². The van der Waals surface area contributed by atoms with Crippen LogP contribution < -0.4 is 0 Å². The maximum Gasteiger partial charge on any atom is 0.0139 e. The van der Waals surface area contributed by atoms with Gasteiger partial charge in [0.1, 0.15) is 0 Å². The smallest absolute Gasteiger partial charge is 0.0139 e. The van der Waals surface area contributed by atoms with E-state index in [1.54, 1.807) is 0 Å². The zero-order valence-electron chi connectivity index (χ0n) is 9.12. The summed E-state index contributed by atoms with van der Waals surface area (Å²) in [6.45, 7) is 0. The monoisotopic (exact) mass is 211 g/mol. The van der Waals surface area contributed by atoms with Gasteiger partial charge in [0.15, 0.2) is 0 Å². The molecule has 0 saturated heterocycles. The number of hydrogen-bond donors (Lipinski definition) is 0. The SMILES string of the molecule is CN=[N+]=[N-].c1ccc(-c2ccccc2)cc1. The van der Waals surface area contributed by atoms with Crippen LogP contribution in [0, 0.1) is 0 Å². The molecule has 0 aliphatic rings. The van der Waals surface area contributed by atoms with Crippen molar-refractivity contribution in [2.45, 2.75) is 0 Å². The molecule has 0 radical (unpaired) electrons. The van der Waals surface area contributed by atoms with Gasteiger partial charge in [0.2, 0.25) is 0 Å². The van der Waals surface area contributed by atoms with Crippen molar-refractivity contribution in [2.24, 2.45) is 5.11 Å². The van der Waals surface area contributed by atoms with E-state index in [-0.39, 0.29) is 0 Å². The molecular formula is C13H13N3. The molecule has 0 unspecified atom stereocenters. The van der Waals surface area contributed by atoms with Gasteiger partial charge in [-0.05, 0) is 16.7 Å². The van der Waals surface area contributed by atoms with Crippen molar-refractivity contribution < 1.29 is 0 Å². The highest BCUT2D eigenvalue weighted by Gasteiger charge is 1.91. The highest BCUT2D eigenvalue weighted by Crippen LogP contribution is 2.17. The molecule has 0 spiro atoms. The third kappa shape index (κ3) is 3.86. The quantitative estimate of drug-likeness (QED) is 0.384. The van der Waals surface area contributed by atoms with Gasteiger partial charge >= 0.3 is 0 Å². The number of hydrogen-bond acceptors (Lipinski definition) is 1. The zero-order valence-corrected chi connectivity index (χ0v) is 9.12. The molecular weight excluding hydrogens is 198 g/mol. The Morgan fingerprint density at radius 1 is 0.812 bits per heavy atom. The van der Waals surface area contributed by atoms with Crippen LogP contribution in [0.3, 0.4) is 0 Å². The molecule has 16 heavy (non-hydrogen) atoms. The summed E-state index contributed by atoms with van der Waals surface area (Å²) in [5.74, 6) is 0. The molecule has 2 aromatic rings. The third-order valence-corrected chi connectivity index (χ3v) is 1.97. The Morgan fingerprint density at radius 3 is 1.38 bits per heavy atom. The van der Waals surface area contributed by atoms with Gasteiger partial charge in [-0.2, -0.15) is 0 Å². The molecule has 0 bridgehead atoms. The fourth-order valence-corrected chi connectivity index (χ4v) is 1.26. The molecule has 0 amide bonds. The van der Waals surface area contributed by atoms with Crippen molar-refractivity contribution in [1.82, 2.24) is 0 Å². The summed E-state index contributed by atoms with van der Waals surface area (Å²) in [5, 5.41) is 2.92. The molecule has 80 valence electrons. The van der Waals surface area contributed by atoms with E-state index in [9.17, 15) is 0 Å². The molecule has 0 aliphatic carbocycles. The van der Waals surface area contributed by atoms with Crippen LogP contribution in [0.15, 0.2) is 65.8 Å². The number of nitrogens with zero attached hydrogens (tertiary/aromatic N) is 3. The van der Waals surface area contributed by atoms with E-state index in [1.807, 2.05) is 12.1 Å². The third-order valence-electron chi connectivity index (χ3n) is 1.97. The van der Waals surface area contributed by atoms with E-state index in [2.05, 4.69) is 58.6 Å². The predicted octanol–water partition coefficient (Wildman–Crippen LogP) is 4.28. The van der Waals surface area contributed by atoms with Crippen LogP contribution in [0.2, 0.25) is 0 Å². The minimum absolute atomic E-state index is 1.28. The first-order chi connectivity index (χ1) is 7.88. The Kier molecular flexibility index (Phi) is 5.24. The van der Waals surface area contributed by atoms with Crippen LogP contribution in [0.5, 0.6) is 0 Å². The molecule has 2 aromatic carbocycles. The van der Waals surface area contributed by atoms with E-state index < -0.39 is 0 Å². The highest BCUT2D eigenvalue weighted by molar-refractivity contribution is 5.62. The largest absolute Gasteiger partial charge is 0.0973 e. The molecule has 0 atom stereocenters. The van der Waals surface area contributed by atoms with Gasteiger partial charge in [0.25, 0.3) is 0 Å². The minimum Gasteiger partial charge on any atom is -0.0973 e. The molecule has 0 fully saturated rings. The maximum atomic E-state index is 7.33. The first kappa shape index (κ1) is 11.8. The highest BCUT2D eigenvalue weighted by atomic mass is 15.1.